The second-order valence-corrected chi connectivity index (χ2v) is 8.47. The van der Waals surface area contributed by atoms with Gasteiger partial charge in [0.2, 0.25) is 5.91 Å². The summed E-state index contributed by atoms with van der Waals surface area (Å²) < 4.78 is 45.4. The topological polar surface area (TPSA) is 105 Å². The number of ether oxygens (including phenoxy) is 1. The van der Waals surface area contributed by atoms with Gasteiger partial charge in [-0.1, -0.05) is 55.5 Å². The molecule has 0 bridgehead atoms. The normalized spacial score (nSPS) is 14.4. The maximum absolute atomic E-state index is 13.4. The quantitative estimate of drug-likeness (QED) is 0.429. The number of carboxylic acids is 1. The Morgan fingerprint density at radius 2 is 1.57 bits per heavy atom. The molecule has 2 aromatic carbocycles. The van der Waals surface area contributed by atoms with E-state index in [1.165, 1.54) is 6.92 Å². The highest BCUT2D eigenvalue weighted by Gasteiger charge is 2.45. The lowest BCUT2D eigenvalue weighted by Crippen LogP contribution is -2.46. The zero-order valence-electron chi connectivity index (χ0n) is 19.1. The van der Waals surface area contributed by atoms with Gasteiger partial charge in [0, 0.05) is 19.0 Å². The molecule has 3 rings (SSSR count). The maximum Gasteiger partial charge on any atom is 0.407 e. The summed E-state index contributed by atoms with van der Waals surface area (Å²) in [5.41, 5.74) is 3.96. The van der Waals surface area contributed by atoms with Crippen LogP contribution in [0.4, 0.5) is 18.0 Å². The van der Waals surface area contributed by atoms with Crippen molar-refractivity contribution >= 4 is 18.0 Å². The largest absolute Gasteiger partial charge is 0.481 e. The molecule has 0 radical (unpaired) electrons. The van der Waals surface area contributed by atoms with Gasteiger partial charge < -0.3 is 20.5 Å². The van der Waals surface area contributed by atoms with E-state index in [9.17, 15) is 27.6 Å². The zero-order valence-corrected chi connectivity index (χ0v) is 19.1. The molecule has 0 spiro atoms. The summed E-state index contributed by atoms with van der Waals surface area (Å²) in [5.74, 6) is -5.68. The average molecular weight is 492 g/mol. The Bertz CT molecular complexity index is 1030. The number of alkyl carbamates (subject to hydrolysis) is 1. The van der Waals surface area contributed by atoms with E-state index < -0.39 is 42.5 Å². The van der Waals surface area contributed by atoms with Crippen molar-refractivity contribution in [3.8, 4) is 11.1 Å². The number of hydrogen-bond donors (Lipinski definition) is 3. The van der Waals surface area contributed by atoms with Crippen molar-refractivity contribution < 1.29 is 37.4 Å². The SMILES string of the molecule is CC(CCCNC(=O)C(CNC(=O)OCC1c2ccccc2-c2ccccc21)C(F)(F)F)C(=O)O. The van der Waals surface area contributed by atoms with E-state index in [1.54, 1.807) is 0 Å². The molecule has 7 nitrogen and oxygen atoms in total. The number of amides is 2. The van der Waals surface area contributed by atoms with Crippen molar-refractivity contribution in [3.05, 3.63) is 59.7 Å². The molecule has 0 aromatic heterocycles. The molecule has 0 aliphatic heterocycles. The minimum Gasteiger partial charge on any atom is -0.481 e. The number of hydrogen-bond acceptors (Lipinski definition) is 4. The van der Waals surface area contributed by atoms with E-state index in [0.717, 1.165) is 22.3 Å². The Kier molecular flexibility index (Phi) is 8.37. The van der Waals surface area contributed by atoms with Crippen LogP contribution in [-0.4, -0.2) is 48.9 Å². The molecule has 0 fully saturated rings. The lowest BCUT2D eigenvalue weighted by atomic mass is 9.98. The number of rotatable bonds is 10. The molecule has 0 saturated carbocycles. The van der Waals surface area contributed by atoms with Gasteiger partial charge in [0.25, 0.3) is 0 Å². The van der Waals surface area contributed by atoms with Crippen LogP contribution in [0.25, 0.3) is 11.1 Å². The summed E-state index contributed by atoms with van der Waals surface area (Å²) in [7, 11) is 0. The summed E-state index contributed by atoms with van der Waals surface area (Å²) >= 11 is 0. The van der Waals surface area contributed by atoms with Crippen LogP contribution in [0, 0.1) is 11.8 Å². The molecule has 2 amide bonds. The molecule has 2 unspecified atom stereocenters. The molecule has 0 heterocycles. The highest BCUT2D eigenvalue weighted by atomic mass is 19.4. The van der Waals surface area contributed by atoms with Crippen LogP contribution in [0.2, 0.25) is 0 Å². The Labute approximate surface area is 200 Å². The van der Waals surface area contributed by atoms with Crippen molar-refractivity contribution in [3.63, 3.8) is 0 Å². The molecule has 1 aliphatic rings. The summed E-state index contributed by atoms with van der Waals surface area (Å²) in [6.45, 7) is 0.330. The maximum atomic E-state index is 13.4. The van der Waals surface area contributed by atoms with E-state index in [0.29, 0.717) is 0 Å². The first kappa shape index (κ1) is 26.1. The molecule has 2 atom stereocenters. The molecule has 0 saturated heterocycles. The van der Waals surface area contributed by atoms with Gasteiger partial charge in [-0.3, -0.25) is 9.59 Å². The molecule has 3 N–H and O–H groups in total. The third-order valence-electron chi connectivity index (χ3n) is 6.04. The number of alkyl halides is 3. The first-order chi connectivity index (χ1) is 16.6. The Balaban J connectivity index is 1.52. The number of nitrogens with one attached hydrogen (secondary N) is 2. The van der Waals surface area contributed by atoms with Gasteiger partial charge >= 0.3 is 18.2 Å². The molecule has 188 valence electrons. The summed E-state index contributed by atoms with van der Waals surface area (Å²) in [4.78, 5) is 35.1. The fourth-order valence-electron chi connectivity index (χ4n) is 4.06. The summed E-state index contributed by atoms with van der Waals surface area (Å²) in [6.07, 6.45) is -5.51. The smallest absolute Gasteiger partial charge is 0.407 e. The van der Waals surface area contributed by atoms with Gasteiger partial charge in [-0.05, 0) is 35.1 Å². The van der Waals surface area contributed by atoms with Gasteiger partial charge in [0.05, 0.1) is 5.92 Å². The van der Waals surface area contributed by atoms with Crippen molar-refractivity contribution in [1.82, 2.24) is 10.6 Å². The van der Waals surface area contributed by atoms with Crippen LogP contribution >= 0.6 is 0 Å². The van der Waals surface area contributed by atoms with Crippen LogP contribution < -0.4 is 10.6 Å². The predicted octanol–water partition coefficient (Wildman–Crippen LogP) is 4.32. The fourth-order valence-corrected chi connectivity index (χ4v) is 4.06. The molecule has 35 heavy (non-hydrogen) atoms. The number of aliphatic carboxylic acids is 1. The van der Waals surface area contributed by atoms with Crippen molar-refractivity contribution in [1.29, 1.82) is 0 Å². The second-order valence-electron chi connectivity index (χ2n) is 8.47. The third kappa shape index (κ3) is 6.52. The number of carboxylic acid groups (broad SMARTS) is 1. The van der Waals surface area contributed by atoms with Crippen molar-refractivity contribution in [2.45, 2.75) is 31.9 Å². The van der Waals surface area contributed by atoms with Crippen LogP contribution in [0.15, 0.2) is 48.5 Å². The van der Waals surface area contributed by atoms with Crippen molar-refractivity contribution in [2.75, 3.05) is 19.7 Å². The lowest BCUT2D eigenvalue weighted by molar-refractivity contribution is -0.181. The Hall–Kier alpha value is -3.56. The summed E-state index contributed by atoms with van der Waals surface area (Å²) in [5, 5.41) is 13.0. The number of carbonyl (C=O) groups excluding carboxylic acids is 2. The molecular weight excluding hydrogens is 465 g/mol. The standard InChI is InChI=1S/C25H27F3N2O5/c1-15(23(32)33)7-6-12-29-22(31)21(25(26,27)28)13-30-24(34)35-14-20-18-10-4-2-8-16(18)17-9-3-5-11-19(17)20/h2-5,8-11,15,20-21H,6-7,12-14H2,1H3,(H,29,31)(H,30,34)(H,32,33). The van der Waals surface area contributed by atoms with Crippen LogP contribution in [-0.2, 0) is 14.3 Å². The Morgan fingerprint density at radius 1 is 1.00 bits per heavy atom. The van der Waals surface area contributed by atoms with Gasteiger partial charge in [0.1, 0.15) is 6.61 Å². The number of fused-ring (bicyclic) bond motifs is 3. The van der Waals surface area contributed by atoms with Crippen LogP contribution in [0.1, 0.15) is 36.8 Å². The predicted molar refractivity (Wildman–Crippen MR) is 122 cm³/mol. The van der Waals surface area contributed by atoms with Gasteiger partial charge in [-0.2, -0.15) is 13.2 Å². The van der Waals surface area contributed by atoms with Gasteiger partial charge in [-0.25, -0.2) is 4.79 Å². The van der Waals surface area contributed by atoms with Crippen molar-refractivity contribution in [2.24, 2.45) is 11.8 Å². The second kappa shape index (κ2) is 11.2. The van der Waals surface area contributed by atoms with E-state index in [4.69, 9.17) is 9.84 Å². The van der Waals surface area contributed by atoms with Crippen LogP contribution in [0.5, 0.6) is 0 Å². The first-order valence-corrected chi connectivity index (χ1v) is 11.3. The van der Waals surface area contributed by atoms with Gasteiger partial charge in [-0.15, -0.1) is 0 Å². The summed E-state index contributed by atoms with van der Waals surface area (Å²) in [6, 6.07) is 15.3. The lowest BCUT2D eigenvalue weighted by Gasteiger charge is -2.21. The highest BCUT2D eigenvalue weighted by molar-refractivity contribution is 5.81. The minimum atomic E-state index is -4.88. The highest BCUT2D eigenvalue weighted by Crippen LogP contribution is 2.44. The van der Waals surface area contributed by atoms with E-state index in [2.05, 4.69) is 5.32 Å². The minimum absolute atomic E-state index is 0.0650. The molecule has 1 aliphatic carbocycles. The zero-order chi connectivity index (χ0) is 25.6. The fraction of sp³-hybridized carbons (Fsp3) is 0.400. The first-order valence-electron chi connectivity index (χ1n) is 11.3. The molecule has 2 aromatic rings. The van der Waals surface area contributed by atoms with Crippen LogP contribution in [0.3, 0.4) is 0 Å². The third-order valence-corrected chi connectivity index (χ3v) is 6.04. The Morgan fingerprint density at radius 3 is 2.11 bits per heavy atom. The molecular formula is C25H27F3N2O5. The van der Waals surface area contributed by atoms with E-state index in [1.807, 2.05) is 53.8 Å². The van der Waals surface area contributed by atoms with Gasteiger partial charge in [0.15, 0.2) is 5.92 Å². The monoisotopic (exact) mass is 492 g/mol. The van der Waals surface area contributed by atoms with E-state index in [-0.39, 0.29) is 31.9 Å². The average Bonchev–Trinajstić information content (AvgIpc) is 3.13. The number of carbonyl (C=O) groups is 3. The van der Waals surface area contributed by atoms with E-state index >= 15 is 0 Å². The molecule has 10 heteroatoms. The number of benzene rings is 2. The number of halogens is 3.